The van der Waals surface area contributed by atoms with E-state index in [-0.39, 0.29) is 0 Å². The van der Waals surface area contributed by atoms with Gasteiger partial charge >= 0.3 is 0 Å². The van der Waals surface area contributed by atoms with Crippen molar-refractivity contribution in [2.75, 3.05) is 7.05 Å². The van der Waals surface area contributed by atoms with Crippen LogP contribution in [0.25, 0.3) is 0 Å². The minimum Gasteiger partial charge on any atom is -0.374 e. The smallest absolute Gasteiger partial charge is 0.0721 e. The average molecular weight is 298 g/mol. The van der Waals surface area contributed by atoms with Gasteiger partial charge in [0.2, 0.25) is 0 Å². The molecule has 0 spiro atoms. The van der Waals surface area contributed by atoms with Crippen molar-refractivity contribution in [1.82, 2.24) is 5.32 Å². The molecule has 0 atom stereocenters. The molecule has 0 heterocycles. The van der Waals surface area contributed by atoms with Gasteiger partial charge in [0.15, 0.2) is 0 Å². The van der Waals surface area contributed by atoms with Crippen LogP contribution in [0, 0.1) is 0 Å². The van der Waals surface area contributed by atoms with Gasteiger partial charge in [0.25, 0.3) is 0 Å². The van der Waals surface area contributed by atoms with Crippen molar-refractivity contribution >= 4 is 15.9 Å². The number of hydrogen-bond donors (Lipinski definition) is 1. The summed E-state index contributed by atoms with van der Waals surface area (Å²) < 4.78 is 7.09. The van der Waals surface area contributed by atoms with Crippen LogP contribution in [0.15, 0.2) is 28.7 Å². The Morgan fingerprint density at radius 1 is 1.29 bits per heavy atom. The maximum atomic E-state index is 5.97. The molecule has 0 aliphatic heterocycles. The molecule has 0 saturated heterocycles. The summed E-state index contributed by atoms with van der Waals surface area (Å²) in [4.78, 5) is 0. The van der Waals surface area contributed by atoms with Crippen LogP contribution in [0.1, 0.15) is 31.2 Å². The summed E-state index contributed by atoms with van der Waals surface area (Å²) in [7, 11) is 2.05. The highest BCUT2D eigenvalue weighted by molar-refractivity contribution is 9.10. The molecule has 2 rings (SSSR count). The molecule has 17 heavy (non-hydrogen) atoms. The van der Waals surface area contributed by atoms with Crippen LogP contribution in [0.2, 0.25) is 0 Å². The van der Waals surface area contributed by atoms with Crippen LogP contribution in [0.4, 0.5) is 0 Å². The number of ether oxygens (including phenoxy) is 1. The second-order valence-corrected chi connectivity index (χ2v) is 5.62. The predicted molar refractivity (Wildman–Crippen MR) is 74.0 cm³/mol. The second-order valence-electron chi connectivity index (χ2n) is 4.70. The van der Waals surface area contributed by atoms with Crippen LogP contribution in [-0.4, -0.2) is 19.2 Å². The molecular formula is C14H20BrNO. The molecule has 1 aromatic carbocycles. The molecule has 1 fully saturated rings. The van der Waals surface area contributed by atoms with Crippen LogP contribution in [0.3, 0.4) is 0 Å². The maximum absolute atomic E-state index is 5.97. The van der Waals surface area contributed by atoms with Gasteiger partial charge in [-0.1, -0.05) is 28.1 Å². The molecule has 1 aromatic rings. The van der Waals surface area contributed by atoms with E-state index in [1.807, 2.05) is 13.1 Å². The van der Waals surface area contributed by atoms with E-state index in [4.69, 9.17) is 4.74 Å². The average Bonchev–Trinajstić information content (AvgIpc) is 2.37. The van der Waals surface area contributed by atoms with E-state index < -0.39 is 0 Å². The molecule has 2 nitrogen and oxygen atoms in total. The minimum atomic E-state index is 0.443. The highest BCUT2D eigenvalue weighted by Crippen LogP contribution is 2.22. The summed E-state index contributed by atoms with van der Waals surface area (Å²) in [6.07, 6.45) is 5.27. The van der Waals surface area contributed by atoms with Crippen LogP contribution < -0.4 is 5.32 Å². The van der Waals surface area contributed by atoms with Crippen molar-refractivity contribution in [3.05, 3.63) is 34.3 Å². The molecule has 0 aromatic heterocycles. The van der Waals surface area contributed by atoms with Crippen LogP contribution in [-0.2, 0) is 11.3 Å². The lowest BCUT2D eigenvalue weighted by Gasteiger charge is -2.28. The molecule has 0 unspecified atom stereocenters. The van der Waals surface area contributed by atoms with Crippen molar-refractivity contribution in [3.8, 4) is 0 Å². The van der Waals surface area contributed by atoms with E-state index in [1.165, 1.54) is 31.2 Å². The summed E-state index contributed by atoms with van der Waals surface area (Å²) in [5, 5.41) is 3.34. The van der Waals surface area contributed by atoms with E-state index in [1.54, 1.807) is 0 Å². The Kier molecular flexibility index (Phi) is 5.01. The lowest BCUT2D eigenvalue weighted by atomic mass is 9.93. The Bertz CT molecular complexity index is 348. The van der Waals surface area contributed by atoms with Gasteiger partial charge in [-0.3, -0.25) is 0 Å². The van der Waals surface area contributed by atoms with Crippen LogP contribution >= 0.6 is 15.9 Å². The highest BCUT2D eigenvalue weighted by atomic mass is 79.9. The minimum absolute atomic E-state index is 0.443. The van der Waals surface area contributed by atoms with Gasteiger partial charge in [-0.25, -0.2) is 0 Å². The molecule has 0 amide bonds. The number of rotatable bonds is 4. The largest absolute Gasteiger partial charge is 0.374 e. The fourth-order valence-electron chi connectivity index (χ4n) is 2.36. The fourth-order valence-corrected chi connectivity index (χ4v) is 2.81. The normalized spacial score (nSPS) is 24.8. The Labute approximate surface area is 112 Å². The summed E-state index contributed by atoms with van der Waals surface area (Å²) in [6.45, 7) is 0.730. The monoisotopic (exact) mass is 297 g/mol. The maximum Gasteiger partial charge on any atom is 0.0721 e. The first kappa shape index (κ1) is 13.1. The zero-order valence-corrected chi connectivity index (χ0v) is 11.9. The zero-order valence-electron chi connectivity index (χ0n) is 10.3. The zero-order chi connectivity index (χ0) is 12.1. The topological polar surface area (TPSA) is 21.3 Å². The molecule has 0 bridgehead atoms. The predicted octanol–water partition coefficient (Wildman–Crippen LogP) is 3.50. The quantitative estimate of drug-likeness (QED) is 0.918. The molecule has 94 valence electrons. The van der Waals surface area contributed by atoms with Gasteiger partial charge in [0.05, 0.1) is 12.7 Å². The summed E-state index contributed by atoms with van der Waals surface area (Å²) in [5.41, 5.74) is 1.25. The standard InChI is InChI=1S/C14H20BrNO/c1-16-13-5-7-14(8-6-13)17-10-11-3-2-4-12(15)9-11/h2-4,9,13-14,16H,5-8,10H2,1H3. The molecular weight excluding hydrogens is 278 g/mol. The first-order chi connectivity index (χ1) is 8.28. The number of benzene rings is 1. The van der Waals surface area contributed by atoms with E-state index >= 15 is 0 Å². The van der Waals surface area contributed by atoms with Crippen molar-refractivity contribution in [3.63, 3.8) is 0 Å². The molecule has 1 saturated carbocycles. The SMILES string of the molecule is CNC1CCC(OCc2cccc(Br)c2)CC1. The Morgan fingerprint density at radius 3 is 2.71 bits per heavy atom. The number of halogens is 1. The highest BCUT2D eigenvalue weighted by Gasteiger charge is 2.20. The van der Waals surface area contributed by atoms with Gasteiger partial charge in [0, 0.05) is 10.5 Å². The second kappa shape index (κ2) is 6.53. The first-order valence-corrected chi connectivity index (χ1v) is 7.10. The van der Waals surface area contributed by atoms with E-state index in [9.17, 15) is 0 Å². The first-order valence-electron chi connectivity index (χ1n) is 6.31. The summed E-state index contributed by atoms with van der Waals surface area (Å²) >= 11 is 3.48. The third-order valence-corrected chi connectivity index (χ3v) is 3.95. The van der Waals surface area contributed by atoms with Crippen molar-refractivity contribution < 1.29 is 4.74 Å². The van der Waals surface area contributed by atoms with E-state index in [2.05, 4.69) is 39.4 Å². The summed E-state index contributed by atoms with van der Waals surface area (Å²) in [6, 6.07) is 9.03. The molecule has 1 aliphatic rings. The summed E-state index contributed by atoms with van der Waals surface area (Å²) in [5.74, 6) is 0. The lowest BCUT2D eigenvalue weighted by molar-refractivity contribution is 0.0118. The van der Waals surface area contributed by atoms with Gasteiger partial charge in [-0.2, -0.15) is 0 Å². The van der Waals surface area contributed by atoms with Crippen molar-refractivity contribution in [2.45, 2.75) is 44.4 Å². The lowest BCUT2D eigenvalue weighted by Crippen LogP contribution is -2.32. The number of hydrogen-bond acceptors (Lipinski definition) is 2. The Morgan fingerprint density at radius 2 is 2.06 bits per heavy atom. The number of nitrogens with one attached hydrogen (secondary N) is 1. The molecule has 1 aliphatic carbocycles. The molecule has 0 radical (unpaired) electrons. The van der Waals surface area contributed by atoms with Gasteiger partial charge < -0.3 is 10.1 Å². The Hall–Kier alpha value is -0.380. The fraction of sp³-hybridized carbons (Fsp3) is 0.571. The van der Waals surface area contributed by atoms with Crippen molar-refractivity contribution in [2.24, 2.45) is 0 Å². The van der Waals surface area contributed by atoms with Gasteiger partial charge in [-0.15, -0.1) is 0 Å². The van der Waals surface area contributed by atoms with Crippen molar-refractivity contribution in [1.29, 1.82) is 0 Å². The third kappa shape index (κ3) is 4.09. The van der Waals surface area contributed by atoms with E-state index in [0.717, 1.165) is 11.1 Å². The third-order valence-electron chi connectivity index (χ3n) is 3.46. The van der Waals surface area contributed by atoms with E-state index in [0.29, 0.717) is 12.1 Å². The van der Waals surface area contributed by atoms with Crippen LogP contribution in [0.5, 0.6) is 0 Å². The Balaban J connectivity index is 1.76. The molecule has 1 N–H and O–H groups in total. The molecule has 3 heteroatoms. The van der Waals surface area contributed by atoms with Gasteiger partial charge in [-0.05, 0) is 50.4 Å². The van der Waals surface area contributed by atoms with Gasteiger partial charge in [0.1, 0.15) is 0 Å².